The molecule has 0 radical (unpaired) electrons. The lowest BCUT2D eigenvalue weighted by atomic mass is 10.0. The number of amides is 2. The van der Waals surface area contributed by atoms with Crippen LogP contribution in [0.5, 0.6) is 0 Å². The Morgan fingerprint density at radius 1 is 1.29 bits per heavy atom. The van der Waals surface area contributed by atoms with Gasteiger partial charge >= 0.3 is 0 Å². The van der Waals surface area contributed by atoms with E-state index >= 15 is 0 Å². The average Bonchev–Trinajstić information content (AvgIpc) is 2.77. The molecule has 0 aliphatic carbocycles. The van der Waals surface area contributed by atoms with Crippen molar-refractivity contribution >= 4 is 11.8 Å². The third-order valence-corrected chi connectivity index (χ3v) is 2.93. The van der Waals surface area contributed by atoms with Crippen LogP contribution in [0.3, 0.4) is 0 Å². The van der Waals surface area contributed by atoms with Gasteiger partial charge < -0.3 is 16.0 Å². The van der Waals surface area contributed by atoms with Gasteiger partial charge in [0.2, 0.25) is 11.8 Å². The molecule has 1 rings (SSSR count). The number of hydrogen-bond donors (Lipinski definition) is 2. The van der Waals surface area contributed by atoms with Crippen molar-refractivity contribution in [3.8, 4) is 0 Å². The van der Waals surface area contributed by atoms with Gasteiger partial charge in [0.05, 0.1) is 12.6 Å². The van der Waals surface area contributed by atoms with Crippen LogP contribution < -0.4 is 11.1 Å². The van der Waals surface area contributed by atoms with Gasteiger partial charge in [0.25, 0.3) is 0 Å². The molecule has 1 saturated heterocycles. The second-order valence-corrected chi connectivity index (χ2v) is 5.04. The number of nitrogens with one attached hydrogen (secondary N) is 1. The molecule has 1 heterocycles. The van der Waals surface area contributed by atoms with Gasteiger partial charge in [0.1, 0.15) is 0 Å². The molecule has 5 nitrogen and oxygen atoms in total. The Bertz CT molecular complexity index is 273. The zero-order valence-electron chi connectivity index (χ0n) is 10.7. The summed E-state index contributed by atoms with van der Waals surface area (Å²) in [5, 5.41) is 2.61. The Kier molecular flexibility index (Phi) is 5.41. The third-order valence-electron chi connectivity index (χ3n) is 2.93. The molecular formula is C12H23N3O2. The van der Waals surface area contributed by atoms with Crippen molar-refractivity contribution < 1.29 is 9.59 Å². The summed E-state index contributed by atoms with van der Waals surface area (Å²) in [6.45, 7) is 5.73. The molecule has 1 aliphatic rings. The van der Waals surface area contributed by atoms with E-state index < -0.39 is 6.04 Å². The predicted octanol–water partition coefficient (Wildman–Crippen LogP) is 0.0984. The number of carbonyl (C=O) groups is 2. The van der Waals surface area contributed by atoms with Gasteiger partial charge in [-0.25, -0.2) is 0 Å². The maximum atomic E-state index is 11.7. The summed E-state index contributed by atoms with van der Waals surface area (Å²) in [6, 6.07) is -0.513. The van der Waals surface area contributed by atoms with Crippen LogP contribution in [0.15, 0.2) is 0 Å². The standard InChI is InChI=1S/C12H23N3O2/c1-9(2)7-10(13)12(17)14-8-11(16)15-5-3-4-6-15/h9-10H,3-8,13H2,1-2H3,(H,14,17). The van der Waals surface area contributed by atoms with E-state index in [-0.39, 0.29) is 18.4 Å². The normalized spacial score (nSPS) is 17.3. The lowest BCUT2D eigenvalue weighted by Crippen LogP contribution is -2.45. The first-order valence-electron chi connectivity index (χ1n) is 6.31. The Labute approximate surface area is 103 Å². The number of hydrogen-bond acceptors (Lipinski definition) is 3. The molecule has 0 aromatic heterocycles. The molecule has 1 unspecified atom stereocenters. The molecular weight excluding hydrogens is 218 g/mol. The Balaban J connectivity index is 2.24. The molecule has 5 heteroatoms. The van der Waals surface area contributed by atoms with E-state index in [1.165, 1.54) is 0 Å². The van der Waals surface area contributed by atoms with E-state index in [0.29, 0.717) is 12.3 Å². The lowest BCUT2D eigenvalue weighted by molar-refractivity contribution is -0.132. The zero-order valence-corrected chi connectivity index (χ0v) is 10.7. The molecule has 0 bridgehead atoms. The highest BCUT2D eigenvalue weighted by atomic mass is 16.2. The summed E-state index contributed by atoms with van der Waals surface area (Å²) in [6.07, 6.45) is 2.77. The van der Waals surface area contributed by atoms with Crippen LogP contribution in [-0.2, 0) is 9.59 Å². The third kappa shape index (κ3) is 4.73. The number of nitrogens with two attached hydrogens (primary N) is 1. The highest BCUT2D eigenvalue weighted by Gasteiger charge is 2.20. The molecule has 0 spiro atoms. The summed E-state index contributed by atoms with van der Waals surface area (Å²) in [4.78, 5) is 25.0. The highest BCUT2D eigenvalue weighted by molar-refractivity contribution is 5.87. The van der Waals surface area contributed by atoms with Crippen molar-refractivity contribution in [2.24, 2.45) is 11.7 Å². The number of likely N-dealkylation sites (tertiary alicyclic amines) is 1. The van der Waals surface area contributed by atoms with E-state index in [0.717, 1.165) is 25.9 Å². The summed E-state index contributed by atoms with van der Waals surface area (Å²) in [7, 11) is 0. The zero-order chi connectivity index (χ0) is 12.8. The monoisotopic (exact) mass is 241 g/mol. The molecule has 1 atom stereocenters. The smallest absolute Gasteiger partial charge is 0.241 e. The van der Waals surface area contributed by atoms with Crippen LogP contribution in [0.2, 0.25) is 0 Å². The summed E-state index contributed by atoms with van der Waals surface area (Å²) < 4.78 is 0. The lowest BCUT2D eigenvalue weighted by Gasteiger charge is -2.17. The molecule has 2 amide bonds. The van der Waals surface area contributed by atoms with E-state index in [1.54, 1.807) is 4.90 Å². The Hall–Kier alpha value is -1.10. The fourth-order valence-electron chi connectivity index (χ4n) is 1.99. The van der Waals surface area contributed by atoms with Crippen LogP contribution in [0.25, 0.3) is 0 Å². The van der Waals surface area contributed by atoms with Gasteiger partial charge in [0.15, 0.2) is 0 Å². The van der Waals surface area contributed by atoms with E-state index in [2.05, 4.69) is 5.32 Å². The highest BCUT2D eigenvalue weighted by Crippen LogP contribution is 2.07. The first-order chi connectivity index (χ1) is 8.00. The van der Waals surface area contributed by atoms with Crippen LogP contribution in [0, 0.1) is 5.92 Å². The Morgan fingerprint density at radius 2 is 1.88 bits per heavy atom. The van der Waals surface area contributed by atoms with Crippen LogP contribution in [0.4, 0.5) is 0 Å². The fourth-order valence-corrected chi connectivity index (χ4v) is 1.99. The number of carbonyl (C=O) groups excluding carboxylic acids is 2. The number of nitrogens with zero attached hydrogens (tertiary/aromatic N) is 1. The van der Waals surface area contributed by atoms with E-state index in [1.807, 2.05) is 13.8 Å². The van der Waals surface area contributed by atoms with Gasteiger partial charge in [-0.3, -0.25) is 9.59 Å². The summed E-state index contributed by atoms with van der Waals surface area (Å²) >= 11 is 0. The fraction of sp³-hybridized carbons (Fsp3) is 0.833. The topological polar surface area (TPSA) is 75.4 Å². The number of rotatable bonds is 5. The SMILES string of the molecule is CC(C)CC(N)C(=O)NCC(=O)N1CCCC1. The van der Waals surface area contributed by atoms with Crippen molar-refractivity contribution in [1.29, 1.82) is 0 Å². The minimum Gasteiger partial charge on any atom is -0.346 e. The van der Waals surface area contributed by atoms with E-state index in [4.69, 9.17) is 5.73 Å². The minimum absolute atomic E-state index is 0.00685. The van der Waals surface area contributed by atoms with Crippen LogP contribution >= 0.6 is 0 Å². The van der Waals surface area contributed by atoms with Crippen LogP contribution in [0.1, 0.15) is 33.1 Å². The van der Waals surface area contributed by atoms with Crippen molar-refractivity contribution in [1.82, 2.24) is 10.2 Å². The first-order valence-corrected chi connectivity index (χ1v) is 6.31. The molecule has 0 saturated carbocycles. The van der Waals surface area contributed by atoms with Gasteiger partial charge in [-0.05, 0) is 25.2 Å². The van der Waals surface area contributed by atoms with Gasteiger partial charge in [-0.2, -0.15) is 0 Å². The maximum Gasteiger partial charge on any atom is 0.241 e. The molecule has 0 aromatic carbocycles. The van der Waals surface area contributed by atoms with Crippen molar-refractivity contribution in [2.75, 3.05) is 19.6 Å². The summed E-state index contributed by atoms with van der Waals surface area (Å²) in [5.74, 6) is 0.142. The summed E-state index contributed by atoms with van der Waals surface area (Å²) in [5.41, 5.74) is 5.72. The maximum absolute atomic E-state index is 11.7. The van der Waals surface area contributed by atoms with Crippen molar-refractivity contribution in [3.05, 3.63) is 0 Å². The van der Waals surface area contributed by atoms with Crippen molar-refractivity contribution in [2.45, 2.75) is 39.2 Å². The van der Waals surface area contributed by atoms with Gasteiger partial charge in [-0.1, -0.05) is 13.8 Å². The van der Waals surface area contributed by atoms with Crippen LogP contribution in [-0.4, -0.2) is 42.4 Å². The first kappa shape index (κ1) is 14.0. The minimum atomic E-state index is -0.513. The average molecular weight is 241 g/mol. The van der Waals surface area contributed by atoms with Crippen molar-refractivity contribution in [3.63, 3.8) is 0 Å². The van der Waals surface area contributed by atoms with Gasteiger partial charge in [-0.15, -0.1) is 0 Å². The molecule has 98 valence electrons. The second kappa shape index (κ2) is 6.59. The predicted molar refractivity (Wildman–Crippen MR) is 66.3 cm³/mol. The van der Waals surface area contributed by atoms with E-state index in [9.17, 15) is 9.59 Å². The quantitative estimate of drug-likeness (QED) is 0.716. The Morgan fingerprint density at radius 3 is 2.41 bits per heavy atom. The second-order valence-electron chi connectivity index (χ2n) is 5.04. The molecule has 1 aliphatic heterocycles. The molecule has 1 fully saturated rings. The molecule has 3 N–H and O–H groups in total. The molecule has 0 aromatic rings. The van der Waals surface area contributed by atoms with Gasteiger partial charge in [0, 0.05) is 13.1 Å². The largest absolute Gasteiger partial charge is 0.346 e. The molecule has 17 heavy (non-hydrogen) atoms.